The minimum Gasteiger partial charge on any atom is -0.493 e. The first-order valence-electron chi connectivity index (χ1n) is 7.34. The molecular weight excluding hydrogens is 222 g/mol. The van der Waals surface area contributed by atoms with E-state index in [9.17, 15) is 0 Å². The number of ether oxygens (including phenoxy) is 1. The van der Waals surface area contributed by atoms with Gasteiger partial charge < -0.3 is 10.1 Å². The summed E-state index contributed by atoms with van der Waals surface area (Å²) in [5, 5.41) is 3.54. The molecule has 18 heavy (non-hydrogen) atoms. The minimum atomic E-state index is 0.845. The highest BCUT2D eigenvalue weighted by Crippen LogP contribution is 2.19. The van der Waals surface area contributed by atoms with Gasteiger partial charge in [0.05, 0.1) is 6.61 Å². The maximum Gasteiger partial charge on any atom is 0.122 e. The van der Waals surface area contributed by atoms with Crippen LogP contribution < -0.4 is 10.1 Å². The van der Waals surface area contributed by atoms with E-state index in [1.807, 2.05) is 6.07 Å². The third kappa shape index (κ3) is 4.69. The van der Waals surface area contributed by atoms with Gasteiger partial charge in [0, 0.05) is 6.04 Å². The van der Waals surface area contributed by atoms with Crippen LogP contribution in [0.1, 0.15) is 44.6 Å². The molecule has 1 aromatic rings. The number of hydrogen-bond acceptors (Lipinski definition) is 2. The van der Waals surface area contributed by atoms with Crippen LogP contribution in [-0.2, 0) is 6.42 Å². The second kappa shape index (κ2) is 7.42. The molecule has 0 spiro atoms. The lowest BCUT2D eigenvalue weighted by Gasteiger charge is -2.10. The first-order chi connectivity index (χ1) is 8.90. The number of aryl methyl sites for hydroxylation is 1. The minimum absolute atomic E-state index is 0.845. The van der Waals surface area contributed by atoms with Crippen molar-refractivity contribution in [2.75, 3.05) is 13.2 Å². The predicted molar refractivity (Wildman–Crippen MR) is 76.2 cm³/mol. The predicted octanol–water partition coefficient (Wildman–Crippen LogP) is 3.55. The molecule has 2 rings (SSSR count). The summed E-state index contributed by atoms with van der Waals surface area (Å²) in [5.41, 5.74) is 1.31. The van der Waals surface area contributed by atoms with Crippen molar-refractivity contribution < 1.29 is 4.74 Å². The van der Waals surface area contributed by atoms with Crippen molar-refractivity contribution in [3.63, 3.8) is 0 Å². The molecule has 1 fully saturated rings. The molecule has 0 unspecified atom stereocenters. The Morgan fingerprint density at radius 2 is 2.00 bits per heavy atom. The number of benzene rings is 1. The number of unbranched alkanes of at least 4 members (excludes halogenated alkanes) is 2. The molecule has 1 aliphatic carbocycles. The van der Waals surface area contributed by atoms with E-state index in [-0.39, 0.29) is 0 Å². The molecule has 0 heterocycles. The third-order valence-electron chi connectivity index (χ3n) is 3.44. The summed E-state index contributed by atoms with van der Waals surface area (Å²) in [4.78, 5) is 0. The lowest BCUT2D eigenvalue weighted by Crippen LogP contribution is -2.17. The zero-order valence-electron chi connectivity index (χ0n) is 11.5. The average molecular weight is 247 g/mol. The van der Waals surface area contributed by atoms with Crippen molar-refractivity contribution in [2.24, 2.45) is 0 Å². The van der Waals surface area contributed by atoms with Crippen LogP contribution in [0.5, 0.6) is 5.75 Å². The van der Waals surface area contributed by atoms with Gasteiger partial charge in [0.1, 0.15) is 5.75 Å². The van der Waals surface area contributed by atoms with E-state index >= 15 is 0 Å². The monoisotopic (exact) mass is 247 g/mol. The summed E-state index contributed by atoms with van der Waals surface area (Å²) in [6, 6.07) is 9.20. The van der Waals surface area contributed by atoms with Crippen molar-refractivity contribution in [2.45, 2.75) is 51.5 Å². The molecule has 2 heteroatoms. The maximum atomic E-state index is 5.85. The quantitative estimate of drug-likeness (QED) is 0.674. The molecule has 0 atom stereocenters. The first kappa shape index (κ1) is 13.4. The molecule has 1 saturated carbocycles. The molecule has 0 aromatic heterocycles. The fraction of sp³-hybridized carbons (Fsp3) is 0.625. The topological polar surface area (TPSA) is 21.3 Å². The second-order valence-corrected chi connectivity index (χ2v) is 5.10. The van der Waals surface area contributed by atoms with Crippen LogP contribution in [0.3, 0.4) is 0 Å². The smallest absolute Gasteiger partial charge is 0.122 e. The summed E-state index contributed by atoms with van der Waals surface area (Å²) in [6.45, 7) is 4.20. The molecule has 2 nitrogen and oxygen atoms in total. The molecule has 0 saturated heterocycles. The first-order valence-corrected chi connectivity index (χ1v) is 7.34. The van der Waals surface area contributed by atoms with Gasteiger partial charge in [0.2, 0.25) is 0 Å². The van der Waals surface area contributed by atoms with Gasteiger partial charge in [-0.1, -0.05) is 25.1 Å². The molecule has 0 aliphatic heterocycles. The Hall–Kier alpha value is -1.02. The molecule has 1 aliphatic rings. The van der Waals surface area contributed by atoms with Gasteiger partial charge >= 0.3 is 0 Å². The number of hydrogen-bond donors (Lipinski definition) is 1. The van der Waals surface area contributed by atoms with E-state index in [1.54, 1.807) is 0 Å². The van der Waals surface area contributed by atoms with Gasteiger partial charge in [-0.2, -0.15) is 0 Å². The number of para-hydroxylation sites is 1. The normalized spacial score (nSPS) is 14.7. The van der Waals surface area contributed by atoms with Gasteiger partial charge in [-0.25, -0.2) is 0 Å². The van der Waals surface area contributed by atoms with E-state index in [1.165, 1.54) is 37.8 Å². The molecule has 1 aromatic carbocycles. The average Bonchev–Trinajstić information content (AvgIpc) is 3.22. The van der Waals surface area contributed by atoms with Crippen molar-refractivity contribution in [1.29, 1.82) is 0 Å². The number of rotatable bonds is 9. The lowest BCUT2D eigenvalue weighted by molar-refractivity contribution is 0.302. The van der Waals surface area contributed by atoms with Crippen LogP contribution in [0.4, 0.5) is 0 Å². The van der Waals surface area contributed by atoms with E-state index in [0.717, 1.165) is 31.2 Å². The summed E-state index contributed by atoms with van der Waals surface area (Å²) in [6.07, 6.45) is 7.50. The molecule has 0 amide bonds. The highest BCUT2D eigenvalue weighted by Gasteiger charge is 2.19. The Bertz CT molecular complexity index is 347. The highest BCUT2D eigenvalue weighted by atomic mass is 16.5. The summed E-state index contributed by atoms with van der Waals surface area (Å²) >= 11 is 0. The third-order valence-corrected chi connectivity index (χ3v) is 3.44. The van der Waals surface area contributed by atoms with Crippen LogP contribution in [0.15, 0.2) is 24.3 Å². The van der Waals surface area contributed by atoms with Crippen LogP contribution in [0, 0.1) is 0 Å². The van der Waals surface area contributed by atoms with Crippen molar-refractivity contribution >= 4 is 0 Å². The molecule has 0 radical (unpaired) electrons. The largest absolute Gasteiger partial charge is 0.493 e. The highest BCUT2D eigenvalue weighted by molar-refractivity contribution is 5.33. The Balaban J connectivity index is 1.53. The molecule has 1 N–H and O–H groups in total. The standard InChI is InChI=1S/C16H25NO/c1-2-14-8-4-5-9-16(14)18-13-7-3-6-12-17-15-10-11-15/h4-5,8-9,15,17H,2-3,6-7,10-13H2,1H3. The van der Waals surface area contributed by atoms with Gasteiger partial charge in [-0.3, -0.25) is 0 Å². The van der Waals surface area contributed by atoms with Gasteiger partial charge in [0.25, 0.3) is 0 Å². The van der Waals surface area contributed by atoms with Gasteiger partial charge in [-0.15, -0.1) is 0 Å². The molecule has 100 valence electrons. The van der Waals surface area contributed by atoms with E-state index in [2.05, 4.69) is 30.4 Å². The Morgan fingerprint density at radius 1 is 1.17 bits per heavy atom. The summed E-state index contributed by atoms with van der Waals surface area (Å²) in [5.74, 6) is 1.07. The Kier molecular flexibility index (Phi) is 5.53. The lowest BCUT2D eigenvalue weighted by atomic mass is 10.1. The van der Waals surface area contributed by atoms with Gasteiger partial charge in [0.15, 0.2) is 0 Å². The van der Waals surface area contributed by atoms with E-state index in [4.69, 9.17) is 4.74 Å². The van der Waals surface area contributed by atoms with Crippen molar-refractivity contribution in [3.05, 3.63) is 29.8 Å². The number of nitrogens with one attached hydrogen (secondary N) is 1. The summed E-state index contributed by atoms with van der Waals surface area (Å²) < 4.78 is 5.85. The van der Waals surface area contributed by atoms with Crippen LogP contribution in [-0.4, -0.2) is 19.2 Å². The van der Waals surface area contributed by atoms with Crippen molar-refractivity contribution in [1.82, 2.24) is 5.32 Å². The zero-order valence-corrected chi connectivity index (χ0v) is 11.5. The van der Waals surface area contributed by atoms with E-state index < -0.39 is 0 Å². The molecular formula is C16H25NO. The SMILES string of the molecule is CCc1ccccc1OCCCCCNC1CC1. The van der Waals surface area contributed by atoms with Crippen LogP contribution >= 0.6 is 0 Å². The maximum absolute atomic E-state index is 5.85. The second-order valence-electron chi connectivity index (χ2n) is 5.10. The summed E-state index contributed by atoms with van der Waals surface area (Å²) in [7, 11) is 0. The molecule has 0 bridgehead atoms. The van der Waals surface area contributed by atoms with E-state index in [0.29, 0.717) is 0 Å². The fourth-order valence-corrected chi connectivity index (χ4v) is 2.12. The zero-order chi connectivity index (χ0) is 12.6. The van der Waals surface area contributed by atoms with Gasteiger partial charge in [-0.05, 0) is 56.7 Å². The van der Waals surface area contributed by atoms with Crippen molar-refractivity contribution in [3.8, 4) is 5.75 Å². The Labute approximate surface area is 111 Å². The fourth-order valence-electron chi connectivity index (χ4n) is 2.12. The van der Waals surface area contributed by atoms with Crippen LogP contribution in [0.2, 0.25) is 0 Å². The van der Waals surface area contributed by atoms with Crippen LogP contribution in [0.25, 0.3) is 0 Å². The Morgan fingerprint density at radius 3 is 2.78 bits per heavy atom.